The highest BCUT2D eigenvalue weighted by atomic mass is 32.2. The van der Waals surface area contributed by atoms with Crippen LogP contribution in [0.3, 0.4) is 0 Å². The van der Waals surface area contributed by atoms with Crippen LogP contribution in [0.1, 0.15) is 30.1 Å². The van der Waals surface area contributed by atoms with Gasteiger partial charge in [0.2, 0.25) is 20.0 Å². The minimum absolute atomic E-state index is 0.0429. The average Bonchev–Trinajstić information content (AvgIpc) is 3.24. The van der Waals surface area contributed by atoms with Gasteiger partial charge in [-0.15, -0.1) is 0 Å². The highest BCUT2D eigenvalue weighted by Gasteiger charge is 2.26. The van der Waals surface area contributed by atoms with Crippen molar-refractivity contribution in [3.63, 3.8) is 0 Å². The number of amides is 1. The van der Waals surface area contributed by atoms with Crippen LogP contribution in [0.2, 0.25) is 0 Å². The Morgan fingerprint density at radius 1 is 0.897 bits per heavy atom. The van der Waals surface area contributed by atoms with Gasteiger partial charge in [0.15, 0.2) is 0 Å². The zero-order valence-electron chi connectivity index (χ0n) is 16.0. The zero-order valence-corrected chi connectivity index (χ0v) is 17.6. The van der Waals surface area contributed by atoms with E-state index in [1.54, 1.807) is 12.1 Å². The Morgan fingerprint density at radius 3 is 2.00 bits per heavy atom. The quantitative estimate of drug-likeness (QED) is 0.691. The second-order valence-corrected chi connectivity index (χ2v) is 10.6. The predicted molar refractivity (Wildman–Crippen MR) is 112 cm³/mol. The van der Waals surface area contributed by atoms with Crippen LogP contribution >= 0.6 is 0 Å². The van der Waals surface area contributed by atoms with E-state index in [0.29, 0.717) is 30.0 Å². The third kappa shape index (κ3) is 5.14. The molecule has 3 rings (SSSR count). The Morgan fingerprint density at radius 2 is 1.45 bits per heavy atom. The van der Waals surface area contributed by atoms with E-state index in [1.165, 1.54) is 47.6 Å². The summed E-state index contributed by atoms with van der Waals surface area (Å²) in [4.78, 5) is 12.6. The minimum atomic E-state index is -3.49. The molecule has 1 aliphatic heterocycles. The summed E-state index contributed by atoms with van der Waals surface area (Å²) >= 11 is 0. The summed E-state index contributed by atoms with van der Waals surface area (Å²) < 4.78 is 52.1. The first kappa shape index (κ1) is 21.3. The van der Waals surface area contributed by atoms with Gasteiger partial charge in [-0.3, -0.25) is 9.52 Å². The average molecular weight is 438 g/mol. The molecule has 2 aromatic rings. The molecule has 0 atom stereocenters. The van der Waals surface area contributed by atoms with E-state index in [1.807, 2.05) is 0 Å². The molecule has 0 saturated carbocycles. The van der Waals surface area contributed by atoms with Crippen molar-refractivity contribution < 1.29 is 21.6 Å². The molecule has 1 amide bonds. The number of rotatable bonds is 7. The van der Waals surface area contributed by atoms with Crippen molar-refractivity contribution >= 4 is 37.3 Å². The summed E-state index contributed by atoms with van der Waals surface area (Å²) in [5.41, 5.74) is 1.18. The molecule has 8 nitrogen and oxygen atoms in total. The third-order valence-corrected chi connectivity index (χ3v) is 7.84. The van der Waals surface area contributed by atoms with Crippen LogP contribution in [0, 0.1) is 0 Å². The van der Waals surface area contributed by atoms with Gasteiger partial charge in [0.25, 0.3) is 5.91 Å². The molecule has 2 N–H and O–H groups in total. The van der Waals surface area contributed by atoms with Crippen molar-refractivity contribution in [3.8, 4) is 0 Å². The number of nitrogens with one attached hydrogen (secondary N) is 2. The Balaban J connectivity index is 1.66. The second kappa shape index (κ2) is 8.52. The van der Waals surface area contributed by atoms with E-state index in [9.17, 15) is 21.6 Å². The van der Waals surface area contributed by atoms with Gasteiger partial charge in [-0.25, -0.2) is 16.8 Å². The molecule has 0 bridgehead atoms. The molecule has 0 aromatic heterocycles. The molecule has 156 valence electrons. The van der Waals surface area contributed by atoms with Crippen LogP contribution in [0.15, 0.2) is 53.4 Å². The molecule has 0 radical (unpaired) electrons. The number of carbonyl (C=O) groups excluding carboxylic acids is 1. The number of hydrogen-bond acceptors (Lipinski definition) is 5. The molecular weight excluding hydrogens is 414 g/mol. The van der Waals surface area contributed by atoms with Crippen molar-refractivity contribution in [1.82, 2.24) is 4.31 Å². The molecule has 0 unspecified atom stereocenters. The Hall–Kier alpha value is -2.43. The fraction of sp³-hybridized carbons (Fsp3) is 0.316. The van der Waals surface area contributed by atoms with Gasteiger partial charge < -0.3 is 5.32 Å². The standard InChI is InChI=1S/C19H23N3O5S2/c1-2-28(24,25)21-17-7-5-15(6-8-17)19(23)20-16-9-11-18(12-10-16)29(26,27)22-13-3-4-14-22/h5-12,21H,2-4,13-14H2,1H3,(H,20,23). The third-order valence-electron chi connectivity index (χ3n) is 4.62. The predicted octanol–water partition coefficient (Wildman–Crippen LogP) is 2.49. The molecular formula is C19H23N3O5S2. The van der Waals surface area contributed by atoms with Crippen LogP contribution in [-0.4, -0.2) is 45.9 Å². The Labute approximate surface area is 171 Å². The summed E-state index contributed by atoms with van der Waals surface area (Å²) in [6.45, 7) is 2.60. The molecule has 1 aliphatic rings. The highest BCUT2D eigenvalue weighted by Crippen LogP contribution is 2.22. The van der Waals surface area contributed by atoms with Crippen molar-refractivity contribution in [2.24, 2.45) is 0 Å². The van der Waals surface area contributed by atoms with Crippen LogP contribution in [0.4, 0.5) is 11.4 Å². The molecule has 0 spiro atoms. The fourth-order valence-electron chi connectivity index (χ4n) is 2.93. The van der Waals surface area contributed by atoms with Crippen molar-refractivity contribution in [2.75, 3.05) is 28.9 Å². The van der Waals surface area contributed by atoms with Gasteiger partial charge in [0, 0.05) is 30.0 Å². The lowest BCUT2D eigenvalue weighted by Gasteiger charge is -2.15. The summed E-state index contributed by atoms with van der Waals surface area (Å²) in [6, 6.07) is 12.1. The molecule has 1 saturated heterocycles. The maximum Gasteiger partial charge on any atom is 0.255 e. The lowest BCUT2D eigenvalue weighted by Crippen LogP contribution is -2.27. The van der Waals surface area contributed by atoms with Crippen LogP contribution in [0.25, 0.3) is 0 Å². The molecule has 2 aromatic carbocycles. The Kier molecular flexibility index (Phi) is 6.25. The number of benzene rings is 2. The lowest BCUT2D eigenvalue weighted by molar-refractivity contribution is 0.102. The van der Waals surface area contributed by atoms with Crippen molar-refractivity contribution in [3.05, 3.63) is 54.1 Å². The summed E-state index contributed by atoms with van der Waals surface area (Å²) in [7, 11) is -6.87. The first-order valence-electron chi connectivity index (χ1n) is 9.23. The smallest absolute Gasteiger partial charge is 0.255 e. The summed E-state index contributed by atoms with van der Waals surface area (Å²) in [5.74, 6) is -0.427. The first-order valence-corrected chi connectivity index (χ1v) is 12.3. The van der Waals surface area contributed by atoms with E-state index in [0.717, 1.165) is 12.8 Å². The monoisotopic (exact) mass is 437 g/mol. The maximum atomic E-state index is 12.5. The van der Waals surface area contributed by atoms with Crippen LogP contribution in [0.5, 0.6) is 0 Å². The second-order valence-electron chi connectivity index (χ2n) is 6.67. The number of sulfonamides is 2. The number of anilines is 2. The van der Waals surface area contributed by atoms with Gasteiger partial charge >= 0.3 is 0 Å². The van der Waals surface area contributed by atoms with E-state index >= 15 is 0 Å². The topological polar surface area (TPSA) is 113 Å². The van der Waals surface area contributed by atoms with Crippen LogP contribution < -0.4 is 10.0 Å². The maximum absolute atomic E-state index is 12.5. The molecule has 10 heteroatoms. The van der Waals surface area contributed by atoms with Gasteiger partial charge in [-0.1, -0.05) is 0 Å². The number of carbonyl (C=O) groups is 1. The van der Waals surface area contributed by atoms with Gasteiger partial charge in [-0.2, -0.15) is 4.31 Å². The fourth-order valence-corrected chi connectivity index (χ4v) is 5.09. The van der Waals surface area contributed by atoms with Gasteiger partial charge in [0.1, 0.15) is 0 Å². The minimum Gasteiger partial charge on any atom is -0.322 e. The largest absolute Gasteiger partial charge is 0.322 e. The molecule has 29 heavy (non-hydrogen) atoms. The normalized spacial score (nSPS) is 15.2. The zero-order chi connectivity index (χ0) is 21.1. The SMILES string of the molecule is CCS(=O)(=O)Nc1ccc(C(=O)Nc2ccc(S(=O)(=O)N3CCCC3)cc2)cc1. The molecule has 1 fully saturated rings. The van der Waals surface area contributed by atoms with E-state index < -0.39 is 20.0 Å². The van der Waals surface area contributed by atoms with Crippen molar-refractivity contribution in [1.29, 1.82) is 0 Å². The van der Waals surface area contributed by atoms with Gasteiger partial charge in [0.05, 0.1) is 10.6 Å². The van der Waals surface area contributed by atoms with E-state index in [2.05, 4.69) is 10.0 Å². The van der Waals surface area contributed by atoms with E-state index in [-0.39, 0.29) is 16.6 Å². The Bertz CT molecular complexity index is 1070. The molecule has 1 heterocycles. The van der Waals surface area contributed by atoms with Crippen LogP contribution in [-0.2, 0) is 20.0 Å². The first-order chi connectivity index (χ1) is 13.7. The summed E-state index contributed by atoms with van der Waals surface area (Å²) in [5, 5.41) is 2.70. The van der Waals surface area contributed by atoms with Gasteiger partial charge in [-0.05, 0) is 68.3 Å². The summed E-state index contributed by atoms with van der Waals surface area (Å²) in [6.07, 6.45) is 1.73. The van der Waals surface area contributed by atoms with E-state index in [4.69, 9.17) is 0 Å². The number of hydrogen-bond donors (Lipinski definition) is 2. The number of nitrogens with zero attached hydrogens (tertiary/aromatic N) is 1. The lowest BCUT2D eigenvalue weighted by atomic mass is 10.2. The molecule has 0 aliphatic carbocycles. The highest BCUT2D eigenvalue weighted by molar-refractivity contribution is 7.92. The van der Waals surface area contributed by atoms with Crippen molar-refractivity contribution in [2.45, 2.75) is 24.7 Å².